The molecule has 0 amide bonds. The van der Waals surface area contributed by atoms with Gasteiger partial charge in [0, 0.05) is 10.0 Å². The van der Waals surface area contributed by atoms with E-state index in [1.807, 2.05) is 18.2 Å². The first-order chi connectivity index (χ1) is 7.60. The van der Waals surface area contributed by atoms with Gasteiger partial charge in [0.25, 0.3) is 0 Å². The number of likely N-dealkylation sites (N-methyl/N-ethyl adjacent to an activating group) is 1. The standard InChI is InChI=1S/C13H18BrNO/c1-4-9(2)11-6-5-10(7-12(11)14)13(16)8-15-3/h5-7,9,15H,4,8H2,1-3H3. The first-order valence-corrected chi connectivity index (χ1v) is 6.36. The van der Waals surface area contributed by atoms with Crippen LogP contribution in [0.4, 0.5) is 0 Å². The van der Waals surface area contributed by atoms with Gasteiger partial charge in [0.05, 0.1) is 6.54 Å². The van der Waals surface area contributed by atoms with Gasteiger partial charge in [-0.25, -0.2) is 0 Å². The van der Waals surface area contributed by atoms with Crippen LogP contribution in [0.5, 0.6) is 0 Å². The lowest BCUT2D eigenvalue weighted by molar-refractivity contribution is 0.0993. The molecule has 0 heterocycles. The molecule has 0 spiro atoms. The Morgan fingerprint density at radius 3 is 2.69 bits per heavy atom. The van der Waals surface area contributed by atoms with Crippen LogP contribution in [0.2, 0.25) is 0 Å². The Labute approximate surface area is 106 Å². The van der Waals surface area contributed by atoms with Gasteiger partial charge < -0.3 is 5.32 Å². The van der Waals surface area contributed by atoms with Crippen LogP contribution in [0, 0.1) is 0 Å². The summed E-state index contributed by atoms with van der Waals surface area (Å²) in [5, 5.41) is 2.87. The normalized spacial score (nSPS) is 12.5. The molecule has 0 saturated heterocycles. The van der Waals surface area contributed by atoms with Crippen LogP contribution in [0.15, 0.2) is 22.7 Å². The van der Waals surface area contributed by atoms with E-state index >= 15 is 0 Å². The second-order valence-corrected chi connectivity index (χ2v) is 4.85. The number of hydrogen-bond acceptors (Lipinski definition) is 2. The Kier molecular flexibility index (Phi) is 5.16. The molecule has 0 aliphatic rings. The fraction of sp³-hybridized carbons (Fsp3) is 0.462. The van der Waals surface area contributed by atoms with Crippen molar-refractivity contribution in [3.63, 3.8) is 0 Å². The topological polar surface area (TPSA) is 29.1 Å². The Hall–Kier alpha value is -0.670. The van der Waals surface area contributed by atoms with E-state index in [-0.39, 0.29) is 5.78 Å². The van der Waals surface area contributed by atoms with Gasteiger partial charge in [0.1, 0.15) is 0 Å². The van der Waals surface area contributed by atoms with Crippen molar-refractivity contribution in [2.75, 3.05) is 13.6 Å². The monoisotopic (exact) mass is 283 g/mol. The molecule has 0 radical (unpaired) electrons. The van der Waals surface area contributed by atoms with Crippen molar-refractivity contribution in [1.82, 2.24) is 5.32 Å². The third-order valence-corrected chi connectivity index (χ3v) is 3.49. The zero-order valence-corrected chi connectivity index (χ0v) is 11.6. The lowest BCUT2D eigenvalue weighted by Crippen LogP contribution is -2.18. The number of benzene rings is 1. The second-order valence-electron chi connectivity index (χ2n) is 4.00. The molecule has 0 aliphatic heterocycles. The molecule has 2 nitrogen and oxygen atoms in total. The van der Waals surface area contributed by atoms with Crippen LogP contribution in [0.3, 0.4) is 0 Å². The zero-order valence-electron chi connectivity index (χ0n) is 10.0. The molecule has 0 saturated carbocycles. The molecule has 1 N–H and O–H groups in total. The number of hydrogen-bond donors (Lipinski definition) is 1. The average molecular weight is 284 g/mol. The van der Waals surface area contributed by atoms with Crippen molar-refractivity contribution in [3.05, 3.63) is 33.8 Å². The van der Waals surface area contributed by atoms with Gasteiger partial charge in [-0.05, 0) is 31.0 Å². The molecule has 16 heavy (non-hydrogen) atoms. The summed E-state index contributed by atoms with van der Waals surface area (Å²) in [5.74, 6) is 0.640. The molecule has 1 aromatic carbocycles. The molecule has 0 aromatic heterocycles. The maximum atomic E-state index is 11.7. The lowest BCUT2D eigenvalue weighted by atomic mass is 9.97. The summed E-state index contributed by atoms with van der Waals surface area (Å²) in [4.78, 5) is 11.7. The highest BCUT2D eigenvalue weighted by Gasteiger charge is 2.11. The summed E-state index contributed by atoms with van der Waals surface area (Å²) in [6.45, 7) is 4.74. The van der Waals surface area contributed by atoms with E-state index in [0.29, 0.717) is 12.5 Å². The van der Waals surface area contributed by atoms with Gasteiger partial charge in [-0.1, -0.05) is 41.9 Å². The van der Waals surface area contributed by atoms with Gasteiger partial charge in [-0.3, -0.25) is 4.79 Å². The van der Waals surface area contributed by atoms with Crippen molar-refractivity contribution < 1.29 is 4.79 Å². The minimum Gasteiger partial charge on any atom is -0.313 e. The van der Waals surface area contributed by atoms with Crippen LogP contribution in [-0.4, -0.2) is 19.4 Å². The molecule has 88 valence electrons. The summed E-state index contributed by atoms with van der Waals surface area (Å²) in [5.41, 5.74) is 2.02. The summed E-state index contributed by atoms with van der Waals surface area (Å²) < 4.78 is 1.03. The van der Waals surface area contributed by atoms with Gasteiger partial charge in [-0.2, -0.15) is 0 Å². The quantitative estimate of drug-likeness (QED) is 0.840. The van der Waals surface area contributed by atoms with Crippen LogP contribution in [0.25, 0.3) is 0 Å². The van der Waals surface area contributed by atoms with Gasteiger partial charge in [0.2, 0.25) is 0 Å². The minimum absolute atomic E-state index is 0.124. The molecule has 1 rings (SSSR count). The minimum atomic E-state index is 0.124. The predicted molar refractivity (Wildman–Crippen MR) is 71.1 cm³/mol. The van der Waals surface area contributed by atoms with Gasteiger partial charge in [-0.15, -0.1) is 0 Å². The fourth-order valence-corrected chi connectivity index (χ4v) is 2.35. The van der Waals surface area contributed by atoms with E-state index in [1.165, 1.54) is 5.56 Å². The highest BCUT2D eigenvalue weighted by Crippen LogP contribution is 2.27. The summed E-state index contributed by atoms with van der Waals surface area (Å²) in [6, 6.07) is 5.87. The fourth-order valence-electron chi connectivity index (χ4n) is 1.58. The molecular weight excluding hydrogens is 266 g/mol. The number of carbonyl (C=O) groups excluding carboxylic acids is 1. The van der Waals surface area contributed by atoms with E-state index in [0.717, 1.165) is 16.5 Å². The summed E-state index contributed by atoms with van der Waals surface area (Å²) in [6.07, 6.45) is 1.10. The van der Waals surface area contributed by atoms with Crippen LogP contribution < -0.4 is 5.32 Å². The van der Waals surface area contributed by atoms with Crippen LogP contribution in [-0.2, 0) is 0 Å². The molecule has 1 atom stereocenters. The summed E-state index contributed by atoms with van der Waals surface area (Å²) in [7, 11) is 1.78. The second kappa shape index (κ2) is 6.16. The molecule has 0 fully saturated rings. The van der Waals surface area contributed by atoms with E-state index in [1.54, 1.807) is 7.05 Å². The van der Waals surface area contributed by atoms with Crippen molar-refractivity contribution in [2.45, 2.75) is 26.2 Å². The molecule has 0 aliphatic carbocycles. The predicted octanol–water partition coefficient (Wildman–Crippen LogP) is 3.36. The molecule has 1 unspecified atom stereocenters. The van der Waals surface area contributed by atoms with E-state index in [4.69, 9.17) is 0 Å². The van der Waals surface area contributed by atoms with Crippen molar-refractivity contribution in [2.24, 2.45) is 0 Å². The van der Waals surface area contributed by atoms with E-state index < -0.39 is 0 Å². The first kappa shape index (κ1) is 13.4. The van der Waals surface area contributed by atoms with Crippen molar-refractivity contribution >= 4 is 21.7 Å². The molecule has 3 heteroatoms. The maximum absolute atomic E-state index is 11.7. The maximum Gasteiger partial charge on any atom is 0.176 e. The smallest absolute Gasteiger partial charge is 0.176 e. The average Bonchev–Trinajstić information content (AvgIpc) is 2.28. The molecule has 1 aromatic rings. The largest absolute Gasteiger partial charge is 0.313 e. The molecular formula is C13H18BrNO. The first-order valence-electron chi connectivity index (χ1n) is 5.57. The Morgan fingerprint density at radius 1 is 1.50 bits per heavy atom. The van der Waals surface area contributed by atoms with Crippen LogP contribution in [0.1, 0.15) is 42.1 Å². The van der Waals surface area contributed by atoms with Gasteiger partial charge >= 0.3 is 0 Å². The third-order valence-electron chi connectivity index (χ3n) is 2.80. The zero-order chi connectivity index (χ0) is 12.1. The van der Waals surface area contributed by atoms with Gasteiger partial charge in [0.15, 0.2) is 5.78 Å². The number of rotatable bonds is 5. The van der Waals surface area contributed by atoms with Crippen LogP contribution >= 0.6 is 15.9 Å². The number of ketones is 1. The van der Waals surface area contributed by atoms with E-state index in [2.05, 4.69) is 35.1 Å². The summed E-state index contributed by atoms with van der Waals surface area (Å²) >= 11 is 3.54. The number of nitrogens with one attached hydrogen (secondary N) is 1. The number of carbonyl (C=O) groups is 1. The SMILES string of the molecule is CCC(C)c1ccc(C(=O)CNC)cc1Br. The molecule has 0 bridgehead atoms. The van der Waals surface area contributed by atoms with Crippen molar-refractivity contribution in [3.8, 4) is 0 Å². The number of halogens is 1. The van der Waals surface area contributed by atoms with Crippen molar-refractivity contribution in [1.29, 1.82) is 0 Å². The third kappa shape index (κ3) is 3.16. The lowest BCUT2D eigenvalue weighted by Gasteiger charge is -2.12. The number of Topliss-reactive ketones (excluding diaryl/α,β-unsaturated/α-hetero) is 1. The van der Waals surface area contributed by atoms with E-state index in [9.17, 15) is 4.79 Å². The Balaban J connectivity index is 2.95. The Bertz CT molecular complexity index is 376. The highest BCUT2D eigenvalue weighted by molar-refractivity contribution is 9.10. The Morgan fingerprint density at radius 2 is 2.19 bits per heavy atom. The highest BCUT2D eigenvalue weighted by atomic mass is 79.9.